The molecule has 3 heteroatoms. The van der Waals surface area contributed by atoms with Gasteiger partial charge >= 0.3 is 0 Å². The molecule has 0 heterocycles. The standard InChI is InChI=1S/C17H20FNO/c1-11-8-12(2)17(14(18)9-11)15(19)10-13-6-4-5-7-16(13)20-3/h4-9,15H,10,19H2,1-3H3. The number of nitrogens with two attached hydrogens (primary N) is 1. The molecule has 0 amide bonds. The van der Waals surface area contributed by atoms with E-state index in [1.165, 1.54) is 6.07 Å². The smallest absolute Gasteiger partial charge is 0.128 e. The van der Waals surface area contributed by atoms with Gasteiger partial charge in [-0.3, -0.25) is 0 Å². The van der Waals surface area contributed by atoms with Gasteiger partial charge in [-0.1, -0.05) is 24.3 Å². The van der Waals surface area contributed by atoms with Crippen LogP contribution >= 0.6 is 0 Å². The molecular formula is C17H20FNO. The predicted octanol–water partition coefficient (Wildman–Crippen LogP) is 3.69. The maximum atomic E-state index is 14.1. The van der Waals surface area contributed by atoms with Crippen molar-refractivity contribution in [3.05, 3.63) is 64.5 Å². The number of para-hydroxylation sites is 1. The molecule has 2 aromatic carbocycles. The van der Waals surface area contributed by atoms with Gasteiger partial charge in [-0.25, -0.2) is 4.39 Å². The van der Waals surface area contributed by atoms with Crippen molar-refractivity contribution in [3.63, 3.8) is 0 Å². The van der Waals surface area contributed by atoms with Gasteiger partial charge in [0, 0.05) is 11.6 Å². The zero-order valence-electron chi connectivity index (χ0n) is 12.1. The molecule has 1 atom stereocenters. The van der Waals surface area contributed by atoms with Crippen LogP contribution in [0.15, 0.2) is 36.4 Å². The van der Waals surface area contributed by atoms with E-state index in [1.807, 2.05) is 44.2 Å². The monoisotopic (exact) mass is 273 g/mol. The van der Waals surface area contributed by atoms with Crippen LogP contribution in [-0.2, 0) is 6.42 Å². The SMILES string of the molecule is COc1ccccc1CC(N)c1c(C)cc(C)cc1F. The molecule has 106 valence electrons. The zero-order chi connectivity index (χ0) is 14.7. The van der Waals surface area contributed by atoms with E-state index in [-0.39, 0.29) is 11.9 Å². The Kier molecular flexibility index (Phi) is 4.40. The lowest BCUT2D eigenvalue weighted by molar-refractivity contribution is 0.407. The molecule has 0 aliphatic heterocycles. The highest BCUT2D eigenvalue weighted by atomic mass is 19.1. The van der Waals surface area contributed by atoms with Crippen molar-refractivity contribution < 1.29 is 9.13 Å². The summed E-state index contributed by atoms with van der Waals surface area (Å²) in [5.74, 6) is 0.554. The van der Waals surface area contributed by atoms with E-state index < -0.39 is 0 Å². The molecule has 2 rings (SSSR count). The topological polar surface area (TPSA) is 35.2 Å². The summed E-state index contributed by atoms with van der Waals surface area (Å²) in [4.78, 5) is 0. The predicted molar refractivity (Wildman–Crippen MR) is 79.5 cm³/mol. The Morgan fingerprint density at radius 3 is 2.55 bits per heavy atom. The zero-order valence-corrected chi connectivity index (χ0v) is 12.1. The van der Waals surface area contributed by atoms with Gasteiger partial charge in [0.2, 0.25) is 0 Å². The first-order valence-electron chi connectivity index (χ1n) is 6.67. The van der Waals surface area contributed by atoms with Gasteiger partial charge in [0.25, 0.3) is 0 Å². The number of hydrogen-bond donors (Lipinski definition) is 1. The number of aryl methyl sites for hydroxylation is 2. The molecule has 0 aromatic heterocycles. The first-order chi connectivity index (χ1) is 9.52. The van der Waals surface area contributed by atoms with Gasteiger partial charge < -0.3 is 10.5 Å². The summed E-state index contributed by atoms with van der Waals surface area (Å²) >= 11 is 0. The summed E-state index contributed by atoms with van der Waals surface area (Å²) in [7, 11) is 1.63. The van der Waals surface area contributed by atoms with Crippen LogP contribution in [0.2, 0.25) is 0 Å². The molecule has 0 saturated carbocycles. The third-order valence-electron chi connectivity index (χ3n) is 3.48. The lowest BCUT2D eigenvalue weighted by Crippen LogP contribution is -2.17. The summed E-state index contributed by atoms with van der Waals surface area (Å²) in [5, 5.41) is 0. The van der Waals surface area contributed by atoms with E-state index in [2.05, 4.69) is 0 Å². The molecule has 0 spiro atoms. The van der Waals surface area contributed by atoms with E-state index in [9.17, 15) is 4.39 Å². The van der Waals surface area contributed by atoms with Gasteiger partial charge in [-0.15, -0.1) is 0 Å². The molecule has 1 unspecified atom stereocenters. The minimum absolute atomic E-state index is 0.232. The summed E-state index contributed by atoms with van der Waals surface area (Å²) in [6.07, 6.45) is 0.546. The fourth-order valence-corrected chi connectivity index (χ4v) is 2.61. The van der Waals surface area contributed by atoms with Crippen molar-refractivity contribution in [2.24, 2.45) is 5.73 Å². The van der Waals surface area contributed by atoms with Crippen molar-refractivity contribution in [2.75, 3.05) is 7.11 Å². The van der Waals surface area contributed by atoms with Crippen LogP contribution < -0.4 is 10.5 Å². The number of rotatable bonds is 4. The summed E-state index contributed by atoms with van der Waals surface area (Å²) < 4.78 is 19.4. The molecule has 20 heavy (non-hydrogen) atoms. The van der Waals surface area contributed by atoms with Crippen LogP contribution in [-0.4, -0.2) is 7.11 Å². The van der Waals surface area contributed by atoms with Crippen molar-refractivity contribution in [2.45, 2.75) is 26.3 Å². The van der Waals surface area contributed by atoms with Crippen molar-refractivity contribution in [3.8, 4) is 5.75 Å². The normalized spacial score (nSPS) is 12.2. The third-order valence-corrected chi connectivity index (χ3v) is 3.48. The quantitative estimate of drug-likeness (QED) is 0.922. The number of methoxy groups -OCH3 is 1. The Labute approximate surface area is 119 Å². The van der Waals surface area contributed by atoms with Crippen molar-refractivity contribution in [1.29, 1.82) is 0 Å². The minimum Gasteiger partial charge on any atom is -0.496 e. The number of benzene rings is 2. The van der Waals surface area contributed by atoms with E-state index in [4.69, 9.17) is 10.5 Å². The number of ether oxygens (including phenoxy) is 1. The largest absolute Gasteiger partial charge is 0.496 e. The molecule has 0 aliphatic carbocycles. The molecular weight excluding hydrogens is 253 g/mol. The van der Waals surface area contributed by atoms with Crippen LogP contribution in [0.1, 0.15) is 28.3 Å². The summed E-state index contributed by atoms with van der Waals surface area (Å²) in [5.41, 5.74) is 9.58. The molecule has 2 N–H and O–H groups in total. The van der Waals surface area contributed by atoms with Gasteiger partial charge in [-0.05, 0) is 49.1 Å². The van der Waals surface area contributed by atoms with Crippen LogP contribution in [0.5, 0.6) is 5.75 Å². The number of halogens is 1. The van der Waals surface area contributed by atoms with E-state index >= 15 is 0 Å². The molecule has 0 bridgehead atoms. The van der Waals surface area contributed by atoms with Gasteiger partial charge in [0.1, 0.15) is 11.6 Å². The molecule has 0 aliphatic rings. The van der Waals surface area contributed by atoms with Gasteiger partial charge in [0.15, 0.2) is 0 Å². The molecule has 0 radical (unpaired) electrons. The molecule has 2 nitrogen and oxygen atoms in total. The fourth-order valence-electron chi connectivity index (χ4n) is 2.61. The lowest BCUT2D eigenvalue weighted by atomic mass is 9.94. The van der Waals surface area contributed by atoms with Crippen molar-refractivity contribution >= 4 is 0 Å². The first kappa shape index (κ1) is 14.5. The Morgan fingerprint density at radius 1 is 1.20 bits per heavy atom. The maximum absolute atomic E-state index is 14.1. The third kappa shape index (κ3) is 2.99. The van der Waals surface area contributed by atoms with Crippen LogP contribution in [0.4, 0.5) is 4.39 Å². The summed E-state index contributed by atoms with van der Waals surface area (Å²) in [6.45, 7) is 3.78. The van der Waals surface area contributed by atoms with Crippen LogP contribution in [0.25, 0.3) is 0 Å². The van der Waals surface area contributed by atoms with E-state index in [1.54, 1.807) is 7.11 Å². The second-order valence-corrected chi connectivity index (χ2v) is 5.10. The number of hydrogen-bond acceptors (Lipinski definition) is 2. The highest BCUT2D eigenvalue weighted by Gasteiger charge is 2.17. The minimum atomic E-state index is -0.383. The molecule has 2 aromatic rings. The van der Waals surface area contributed by atoms with Crippen LogP contribution in [0, 0.1) is 19.7 Å². The second kappa shape index (κ2) is 6.06. The first-order valence-corrected chi connectivity index (χ1v) is 6.67. The fraction of sp³-hybridized carbons (Fsp3) is 0.294. The van der Waals surface area contributed by atoms with Gasteiger partial charge in [-0.2, -0.15) is 0 Å². The second-order valence-electron chi connectivity index (χ2n) is 5.10. The Bertz CT molecular complexity index is 587. The molecule has 0 saturated heterocycles. The van der Waals surface area contributed by atoms with Gasteiger partial charge in [0.05, 0.1) is 7.11 Å². The molecule has 0 fully saturated rings. The average molecular weight is 273 g/mol. The lowest BCUT2D eigenvalue weighted by Gasteiger charge is -2.18. The highest BCUT2D eigenvalue weighted by Crippen LogP contribution is 2.27. The van der Waals surface area contributed by atoms with Crippen molar-refractivity contribution in [1.82, 2.24) is 0 Å². The van der Waals surface area contributed by atoms with E-state index in [0.717, 1.165) is 22.4 Å². The van der Waals surface area contributed by atoms with Crippen LogP contribution in [0.3, 0.4) is 0 Å². The Balaban J connectivity index is 2.31. The maximum Gasteiger partial charge on any atom is 0.128 e. The summed E-state index contributed by atoms with van der Waals surface area (Å²) in [6, 6.07) is 10.8. The highest BCUT2D eigenvalue weighted by molar-refractivity contribution is 5.38. The average Bonchev–Trinajstić information content (AvgIpc) is 2.38. The Hall–Kier alpha value is -1.87. The van der Waals surface area contributed by atoms with E-state index in [0.29, 0.717) is 12.0 Å². The Morgan fingerprint density at radius 2 is 1.90 bits per heavy atom.